The molecule has 0 saturated heterocycles. The monoisotopic (exact) mass is 295 g/mol. The number of rotatable bonds is 3. The van der Waals surface area contributed by atoms with Crippen molar-refractivity contribution in [3.63, 3.8) is 0 Å². The molecule has 1 nitrogen and oxygen atoms in total. The van der Waals surface area contributed by atoms with Crippen LogP contribution in [0.3, 0.4) is 0 Å². The van der Waals surface area contributed by atoms with Gasteiger partial charge < -0.3 is 5.32 Å². The van der Waals surface area contributed by atoms with E-state index in [-0.39, 0.29) is 0 Å². The fourth-order valence-corrected chi connectivity index (χ4v) is 3.15. The minimum absolute atomic E-state index is 0.722. The van der Waals surface area contributed by atoms with Gasteiger partial charge in [-0.15, -0.1) is 0 Å². The van der Waals surface area contributed by atoms with E-state index in [0.717, 1.165) is 18.5 Å². The number of benzene rings is 1. The van der Waals surface area contributed by atoms with Gasteiger partial charge in [0.15, 0.2) is 0 Å². The van der Waals surface area contributed by atoms with Crippen LogP contribution in [-0.4, -0.2) is 6.04 Å². The Morgan fingerprint density at radius 1 is 1.24 bits per heavy atom. The highest BCUT2D eigenvalue weighted by Gasteiger charge is 2.17. The minimum Gasteiger partial charge on any atom is -0.310 e. The van der Waals surface area contributed by atoms with E-state index in [1.807, 2.05) is 0 Å². The summed E-state index contributed by atoms with van der Waals surface area (Å²) in [5.74, 6) is 0.930. The van der Waals surface area contributed by atoms with Gasteiger partial charge in [-0.2, -0.15) is 0 Å². The SMILES string of the molecule is Cc1ccc(CNC2CCC(C)CC2)c(Br)c1. The fourth-order valence-electron chi connectivity index (χ4n) is 2.51. The molecule has 0 unspecified atom stereocenters. The quantitative estimate of drug-likeness (QED) is 0.870. The van der Waals surface area contributed by atoms with Gasteiger partial charge in [-0.1, -0.05) is 35.0 Å². The molecule has 1 aromatic carbocycles. The van der Waals surface area contributed by atoms with Crippen molar-refractivity contribution in [1.82, 2.24) is 5.32 Å². The molecule has 1 aliphatic carbocycles. The van der Waals surface area contributed by atoms with Crippen LogP contribution in [0.2, 0.25) is 0 Å². The number of nitrogens with one attached hydrogen (secondary N) is 1. The number of aryl methyl sites for hydroxylation is 1. The molecule has 0 heterocycles. The van der Waals surface area contributed by atoms with E-state index in [0.29, 0.717) is 0 Å². The van der Waals surface area contributed by atoms with E-state index in [4.69, 9.17) is 0 Å². The largest absolute Gasteiger partial charge is 0.310 e. The highest BCUT2D eigenvalue weighted by Crippen LogP contribution is 2.24. The third-order valence-corrected chi connectivity index (χ3v) is 4.54. The molecule has 0 aromatic heterocycles. The van der Waals surface area contributed by atoms with Gasteiger partial charge in [0.2, 0.25) is 0 Å². The van der Waals surface area contributed by atoms with Gasteiger partial charge in [-0.05, 0) is 55.7 Å². The number of hydrogen-bond acceptors (Lipinski definition) is 1. The third kappa shape index (κ3) is 3.82. The lowest BCUT2D eigenvalue weighted by Gasteiger charge is -2.27. The lowest BCUT2D eigenvalue weighted by atomic mass is 9.87. The molecule has 1 aromatic rings. The lowest BCUT2D eigenvalue weighted by Crippen LogP contribution is -2.32. The molecule has 2 rings (SSSR count). The van der Waals surface area contributed by atoms with Gasteiger partial charge in [0.1, 0.15) is 0 Å². The molecule has 0 radical (unpaired) electrons. The van der Waals surface area contributed by atoms with E-state index in [2.05, 4.69) is 53.3 Å². The Labute approximate surface area is 113 Å². The number of halogens is 1. The molecule has 1 saturated carbocycles. The Bertz CT molecular complexity index is 367. The average molecular weight is 296 g/mol. The second kappa shape index (κ2) is 6.01. The Balaban J connectivity index is 1.85. The molecule has 0 aliphatic heterocycles. The lowest BCUT2D eigenvalue weighted by molar-refractivity contribution is 0.306. The zero-order valence-electron chi connectivity index (χ0n) is 10.8. The van der Waals surface area contributed by atoms with Crippen molar-refractivity contribution in [2.75, 3.05) is 0 Å². The summed E-state index contributed by atoms with van der Waals surface area (Å²) in [6.45, 7) is 5.48. The Hall–Kier alpha value is -0.340. The van der Waals surface area contributed by atoms with Crippen molar-refractivity contribution in [3.8, 4) is 0 Å². The van der Waals surface area contributed by atoms with E-state index in [1.165, 1.54) is 41.3 Å². The molecule has 1 aliphatic rings. The van der Waals surface area contributed by atoms with Crippen LogP contribution in [-0.2, 0) is 6.54 Å². The second-order valence-corrected chi connectivity index (χ2v) is 6.29. The molecule has 2 heteroatoms. The third-order valence-electron chi connectivity index (χ3n) is 3.81. The van der Waals surface area contributed by atoms with Crippen LogP contribution in [0.1, 0.15) is 43.7 Å². The van der Waals surface area contributed by atoms with Gasteiger partial charge in [0, 0.05) is 17.1 Å². The Kier molecular flexibility index (Phi) is 4.63. The van der Waals surface area contributed by atoms with Crippen molar-refractivity contribution in [1.29, 1.82) is 0 Å². The fraction of sp³-hybridized carbons (Fsp3) is 0.600. The van der Waals surface area contributed by atoms with Crippen LogP contribution in [0, 0.1) is 12.8 Å². The molecule has 94 valence electrons. The number of hydrogen-bond donors (Lipinski definition) is 1. The molecule has 0 bridgehead atoms. The summed E-state index contributed by atoms with van der Waals surface area (Å²) < 4.78 is 1.23. The van der Waals surface area contributed by atoms with E-state index in [1.54, 1.807) is 0 Å². The Morgan fingerprint density at radius 3 is 2.59 bits per heavy atom. The van der Waals surface area contributed by atoms with Crippen LogP contribution in [0.4, 0.5) is 0 Å². The smallest absolute Gasteiger partial charge is 0.0222 e. The van der Waals surface area contributed by atoms with E-state index < -0.39 is 0 Å². The highest BCUT2D eigenvalue weighted by atomic mass is 79.9. The zero-order valence-corrected chi connectivity index (χ0v) is 12.4. The van der Waals surface area contributed by atoms with Crippen LogP contribution < -0.4 is 5.32 Å². The maximum Gasteiger partial charge on any atom is 0.0222 e. The van der Waals surface area contributed by atoms with Gasteiger partial charge in [0.05, 0.1) is 0 Å². The first kappa shape index (κ1) is 13.1. The van der Waals surface area contributed by atoms with Crippen molar-refractivity contribution in [2.45, 2.75) is 52.1 Å². The van der Waals surface area contributed by atoms with E-state index >= 15 is 0 Å². The first-order valence-electron chi connectivity index (χ1n) is 6.63. The normalized spacial score (nSPS) is 24.9. The van der Waals surface area contributed by atoms with Crippen molar-refractivity contribution in [2.24, 2.45) is 5.92 Å². The summed E-state index contributed by atoms with van der Waals surface area (Å²) in [5, 5.41) is 3.69. The maximum atomic E-state index is 3.69. The predicted octanol–water partition coefficient (Wildman–Crippen LogP) is 4.43. The molecule has 0 spiro atoms. The van der Waals surface area contributed by atoms with Gasteiger partial charge >= 0.3 is 0 Å². The minimum atomic E-state index is 0.722. The van der Waals surface area contributed by atoms with Crippen LogP contribution in [0.15, 0.2) is 22.7 Å². The summed E-state index contributed by atoms with van der Waals surface area (Å²) in [6, 6.07) is 7.32. The molecule has 1 N–H and O–H groups in total. The first-order valence-corrected chi connectivity index (χ1v) is 7.43. The molecule has 0 amide bonds. The molecular weight excluding hydrogens is 274 g/mol. The topological polar surface area (TPSA) is 12.0 Å². The highest BCUT2D eigenvalue weighted by molar-refractivity contribution is 9.10. The summed E-state index contributed by atoms with van der Waals surface area (Å²) in [6.07, 6.45) is 5.44. The summed E-state index contributed by atoms with van der Waals surface area (Å²) in [7, 11) is 0. The standard InChI is InChI=1S/C15H22BrN/c1-11-4-7-14(8-5-11)17-10-13-6-3-12(2)9-15(13)16/h3,6,9,11,14,17H,4-5,7-8,10H2,1-2H3. The summed E-state index contributed by atoms with van der Waals surface area (Å²) in [5.41, 5.74) is 2.68. The van der Waals surface area contributed by atoms with Gasteiger partial charge in [-0.25, -0.2) is 0 Å². The van der Waals surface area contributed by atoms with Gasteiger partial charge in [0.25, 0.3) is 0 Å². The van der Waals surface area contributed by atoms with Gasteiger partial charge in [-0.3, -0.25) is 0 Å². The average Bonchev–Trinajstić information content (AvgIpc) is 2.30. The van der Waals surface area contributed by atoms with Crippen LogP contribution in [0.5, 0.6) is 0 Å². The summed E-state index contributed by atoms with van der Waals surface area (Å²) >= 11 is 3.64. The first-order chi connectivity index (χ1) is 8.15. The van der Waals surface area contributed by atoms with Crippen molar-refractivity contribution < 1.29 is 0 Å². The van der Waals surface area contributed by atoms with E-state index in [9.17, 15) is 0 Å². The molecule has 17 heavy (non-hydrogen) atoms. The van der Waals surface area contributed by atoms with Crippen molar-refractivity contribution >= 4 is 15.9 Å². The molecule has 1 fully saturated rings. The second-order valence-electron chi connectivity index (χ2n) is 5.43. The maximum absolute atomic E-state index is 3.69. The van der Waals surface area contributed by atoms with Crippen molar-refractivity contribution in [3.05, 3.63) is 33.8 Å². The molecular formula is C15H22BrN. The van der Waals surface area contributed by atoms with Crippen LogP contribution >= 0.6 is 15.9 Å². The molecule has 0 atom stereocenters. The van der Waals surface area contributed by atoms with Crippen LogP contribution in [0.25, 0.3) is 0 Å². The Morgan fingerprint density at radius 2 is 1.94 bits per heavy atom. The predicted molar refractivity (Wildman–Crippen MR) is 77.1 cm³/mol. The summed E-state index contributed by atoms with van der Waals surface area (Å²) in [4.78, 5) is 0. The zero-order chi connectivity index (χ0) is 12.3.